The number of hydrogen-bond donors (Lipinski definition) is 1. The molecule has 0 spiro atoms. The molecule has 0 bridgehead atoms. The molecule has 2 saturated heterocycles. The lowest BCUT2D eigenvalue weighted by atomic mass is 9.96. The highest BCUT2D eigenvalue weighted by Crippen LogP contribution is 2.51. The number of nitrogens with two attached hydrogens (primary N) is 1. The van der Waals surface area contributed by atoms with E-state index < -0.39 is 11.6 Å². The molecule has 3 aliphatic heterocycles. The Balaban J connectivity index is 1.48. The highest BCUT2D eigenvalue weighted by Gasteiger charge is 2.35. The van der Waals surface area contributed by atoms with Gasteiger partial charge in [0, 0.05) is 23.6 Å². The van der Waals surface area contributed by atoms with Crippen LogP contribution in [-0.4, -0.2) is 73.0 Å². The van der Waals surface area contributed by atoms with Gasteiger partial charge >= 0.3 is 6.01 Å². The maximum absolute atomic E-state index is 17.0. The van der Waals surface area contributed by atoms with Crippen LogP contribution in [0.5, 0.6) is 11.8 Å². The summed E-state index contributed by atoms with van der Waals surface area (Å²) >= 11 is 7.94. The average Bonchev–Trinajstić information content (AvgIpc) is 3.54. The van der Waals surface area contributed by atoms with E-state index in [1.54, 1.807) is 0 Å². The molecule has 0 amide bonds. The normalized spacial score (nSPS) is 21.3. The Morgan fingerprint density at radius 1 is 1.18 bits per heavy atom. The van der Waals surface area contributed by atoms with Gasteiger partial charge in [0.25, 0.3) is 0 Å². The van der Waals surface area contributed by atoms with Crippen LogP contribution < -0.4 is 20.1 Å². The number of anilines is 2. The quantitative estimate of drug-likeness (QED) is 0.275. The molecule has 13 heteroatoms. The van der Waals surface area contributed by atoms with Crippen molar-refractivity contribution in [2.24, 2.45) is 0 Å². The summed E-state index contributed by atoms with van der Waals surface area (Å²) < 4.78 is 50.5. The van der Waals surface area contributed by atoms with Crippen molar-refractivity contribution in [3.8, 4) is 29.0 Å². The van der Waals surface area contributed by atoms with E-state index in [-0.39, 0.29) is 78.9 Å². The molecule has 2 N–H and O–H groups in total. The fourth-order valence-corrected chi connectivity index (χ4v) is 8.11. The second kappa shape index (κ2) is 11.5. The first-order valence-corrected chi connectivity index (χ1v) is 16.0. The van der Waals surface area contributed by atoms with Gasteiger partial charge in [-0.3, -0.25) is 4.90 Å². The van der Waals surface area contributed by atoms with Crippen molar-refractivity contribution < 1.29 is 23.0 Å². The molecule has 1 unspecified atom stereocenters. The summed E-state index contributed by atoms with van der Waals surface area (Å²) in [6.07, 6.45) is 3.55. The van der Waals surface area contributed by atoms with E-state index in [9.17, 15) is 9.65 Å². The predicted molar refractivity (Wildman–Crippen MR) is 167 cm³/mol. The minimum absolute atomic E-state index is 0.00663. The van der Waals surface area contributed by atoms with Crippen LogP contribution in [-0.2, 0) is 4.74 Å². The molecule has 230 valence electrons. The molecule has 44 heavy (non-hydrogen) atoms. The van der Waals surface area contributed by atoms with Gasteiger partial charge in [0.05, 0.1) is 39.9 Å². The van der Waals surface area contributed by atoms with Gasteiger partial charge in [0.15, 0.2) is 11.6 Å². The van der Waals surface area contributed by atoms with E-state index >= 15 is 4.39 Å². The molecule has 0 aliphatic carbocycles. The highest BCUT2D eigenvalue weighted by molar-refractivity contribution is 7.23. The van der Waals surface area contributed by atoms with Gasteiger partial charge in [0.1, 0.15) is 40.9 Å². The number of fused-ring (bicyclic) bond motifs is 1. The van der Waals surface area contributed by atoms with Gasteiger partial charge in [0.2, 0.25) is 0 Å². The minimum Gasteiger partial charge on any atom is -0.489 e. The van der Waals surface area contributed by atoms with E-state index in [4.69, 9.17) is 36.5 Å². The number of aromatic nitrogens is 2. The van der Waals surface area contributed by atoms with E-state index in [2.05, 4.69) is 21.8 Å². The Bertz CT molecular complexity index is 1820. The lowest BCUT2D eigenvalue weighted by Gasteiger charge is -2.34. The van der Waals surface area contributed by atoms with Gasteiger partial charge in [-0.15, -0.1) is 11.3 Å². The highest BCUT2D eigenvalue weighted by atomic mass is 35.5. The molecular formula is C31H31ClF2N6O3S. The van der Waals surface area contributed by atoms with Crippen molar-refractivity contribution in [1.29, 1.82) is 5.26 Å². The first-order chi connectivity index (χ1) is 21.3. The Hall–Kier alpha value is -3.50. The molecule has 4 aromatic rings. The number of halogens is 3. The van der Waals surface area contributed by atoms with Gasteiger partial charge in [-0.1, -0.05) is 17.7 Å². The molecule has 7 rings (SSSR count). The Morgan fingerprint density at radius 2 is 2.02 bits per heavy atom. The summed E-state index contributed by atoms with van der Waals surface area (Å²) in [7, 11) is 2.06. The number of ether oxygens (including phenoxy) is 3. The third-order valence-corrected chi connectivity index (χ3v) is 10.4. The van der Waals surface area contributed by atoms with E-state index in [1.807, 2.05) is 13.0 Å². The minimum atomic E-state index is -0.750. The van der Waals surface area contributed by atoms with E-state index in [0.29, 0.717) is 31.0 Å². The molecule has 2 aromatic carbocycles. The number of nitrogens with zero attached hydrogens (tertiary/aromatic N) is 5. The van der Waals surface area contributed by atoms with Crippen LogP contribution in [0.2, 0.25) is 5.02 Å². The zero-order valence-corrected chi connectivity index (χ0v) is 25.9. The number of benzene rings is 2. The van der Waals surface area contributed by atoms with Gasteiger partial charge < -0.3 is 24.8 Å². The smallest absolute Gasteiger partial charge is 0.319 e. The second-order valence-corrected chi connectivity index (χ2v) is 13.0. The van der Waals surface area contributed by atoms with Crippen molar-refractivity contribution in [3.05, 3.63) is 34.4 Å². The maximum atomic E-state index is 17.0. The van der Waals surface area contributed by atoms with E-state index in [0.717, 1.165) is 43.6 Å². The monoisotopic (exact) mass is 640 g/mol. The van der Waals surface area contributed by atoms with Crippen LogP contribution in [0.1, 0.15) is 38.2 Å². The average molecular weight is 641 g/mol. The molecule has 5 heterocycles. The summed E-state index contributed by atoms with van der Waals surface area (Å²) in [6.45, 7) is 4.84. The lowest BCUT2D eigenvalue weighted by Crippen LogP contribution is -2.43. The van der Waals surface area contributed by atoms with E-state index in [1.165, 1.54) is 12.1 Å². The number of likely N-dealkylation sites (N-methyl/N-ethyl adjacent to an activating group) is 1. The maximum Gasteiger partial charge on any atom is 0.319 e. The topological polar surface area (TPSA) is 110 Å². The number of nitriles is 1. The molecular weight excluding hydrogens is 610 g/mol. The zero-order valence-electron chi connectivity index (χ0n) is 24.3. The molecule has 2 fully saturated rings. The number of rotatable bonds is 5. The van der Waals surface area contributed by atoms with Crippen molar-refractivity contribution in [3.63, 3.8) is 0 Å². The van der Waals surface area contributed by atoms with Crippen LogP contribution in [0.4, 0.5) is 19.6 Å². The number of likely N-dealkylation sites (tertiary alicyclic amines) is 1. The first-order valence-electron chi connectivity index (χ1n) is 14.8. The van der Waals surface area contributed by atoms with Crippen LogP contribution >= 0.6 is 22.9 Å². The summed E-state index contributed by atoms with van der Waals surface area (Å²) in [5.41, 5.74) is 6.29. The Kier molecular flexibility index (Phi) is 7.61. The van der Waals surface area contributed by atoms with Gasteiger partial charge in [-0.2, -0.15) is 15.2 Å². The van der Waals surface area contributed by atoms with Gasteiger partial charge in [-0.05, 0) is 57.8 Å². The van der Waals surface area contributed by atoms with Crippen molar-refractivity contribution >= 4 is 54.7 Å². The summed E-state index contributed by atoms with van der Waals surface area (Å²) in [6, 6.07) is 4.88. The van der Waals surface area contributed by atoms with Crippen molar-refractivity contribution in [1.82, 2.24) is 14.9 Å². The Labute approximate surface area is 262 Å². The van der Waals surface area contributed by atoms with Crippen molar-refractivity contribution in [2.45, 2.75) is 50.8 Å². The molecule has 9 nitrogen and oxygen atoms in total. The fraction of sp³-hybridized carbons (Fsp3) is 0.452. The first kappa shape index (κ1) is 29.2. The lowest BCUT2D eigenvalue weighted by molar-refractivity contribution is 0.0782. The molecule has 0 saturated carbocycles. The largest absolute Gasteiger partial charge is 0.489 e. The molecule has 3 aliphatic rings. The van der Waals surface area contributed by atoms with Crippen LogP contribution in [0.3, 0.4) is 0 Å². The predicted octanol–water partition coefficient (Wildman–Crippen LogP) is 6.14. The summed E-state index contributed by atoms with van der Waals surface area (Å²) in [5.74, 6) is -0.624. The summed E-state index contributed by atoms with van der Waals surface area (Å²) in [5, 5.41) is 10.5. The molecule has 2 aromatic heterocycles. The zero-order chi connectivity index (χ0) is 30.7. The standard InChI is InChI=1S/C31H31ClF2N6O3S/c1-15(20-6-3-9-39(20)2)43-31-37-26-23-27(42-12-10-40(30(23)38-31)16-5-4-11-41-14-16)24(32)22(25(26)34)17-7-8-19(33)28-21(17)18(13-35)29(36)44-28/h7-8,15-16,20H,3-6,9-12,14,36H2,1-2H3/t15-,16?,20-/m0/s1. The summed E-state index contributed by atoms with van der Waals surface area (Å²) in [4.78, 5) is 13.8. The number of thiophene rings is 1. The molecule has 3 atom stereocenters. The van der Waals surface area contributed by atoms with Crippen molar-refractivity contribution in [2.75, 3.05) is 50.6 Å². The van der Waals surface area contributed by atoms with Crippen LogP contribution in [0, 0.1) is 23.0 Å². The third-order valence-electron chi connectivity index (χ3n) is 8.98. The second-order valence-electron chi connectivity index (χ2n) is 11.6. The van der Waals surface area contributed by atoms with Crippen LogP contribution in [0.15, 0.2) is 12.1 Å². The number of nitrogen functional groups attached to an aromatic ring is 1. The molecule has 0 radical (unpaired) electrons. The van der Waals surface area contributed by atoms with Gasteiger partial charge in [-0.25, -0.2) is 8.78 Å². The SMILES string of the molecule is C[C@H](Oc1nc2c3c(c(Cl)c(-c4ccc(F)c5sc(N)c(C#N)c45)c(F)c3n1)OCCN2C1CCCOC1)[C@@H]1CCCN1C. The Morgan fingerprint density at radius 3 is 2.75 bits per heavy atom. The number of hydrogen-bond acceptors (Lipinski definition) is 10. The third kappa shape index (κ3) is 4.68. The fourth-order valence-electron chi connectivity index (χ4n) is 6.83. The van der Waals surface area contributed by atoms with Crippen LogP contribution in [0.25, 0.3) is 32.1 Å².